The standard InChI is InChI=1S/C26H28N4O4S/c31-23(28-15-18-8-11-21(12-9-18)34-16-19-5-2-1-3-6-19)13-10-20-17-35-26(29-20)30-25(33)22-7-4-14-27-24(22)32/h1-3,5-6,8-9,11-12,17,22H,4,7,10,13-16H2,(H,27,32)(H,28,31)(H,29,30,33). The summed E-state index contributed by atoms with van der Waals surface area (Å²) >= 11 is 1.29. The number of anilines is 1. The number of rotatable bonds is 10. The van der Waals surface area contributed by atoms with Crippen LogP contribution in [0.5, 0.6) is 5.75 Å². The van der Waals surface area contributed by atoms with Gasteiger partial charge in [-0.15, -0.1) is 11.3 Å². The van der Waals surface area contributed by atoms with Crippen LogP contribution in [0.1, 0.15) is 36.1 Å². The summed E-state index contributed by atoms with van der Waals surface area (Å²) in [6.07, 6.45) is 2.09. The molecule has 0 saturated carbocycles. The van der Waals surface area contributed by atoms with Gasteiger partial charge in [-0.05, 0) is 42.5 Å². The first kappa shape index (κ1) is 24.4. The molecule has 0 radical (unpaired) electrons. The maximum atomic E-state index is 12.3. The fourth-order valence-corrected chi connectivity index (χ4v) is 4.42. The third-order valence-electron chi connectivity index (χ3n) is 5.65. The van der Waals surface area contributed by atoms with E-state index in [-0.39, 0.29) is 17.7 Å². The SMILES string of the molecule is O=C(CCc1csc(NC(=O)C2CCCNC2=O)n1)NCc1ccc(OCc2ccccc2)cc1. The number of piperidine rings is 1. The highest BCUT2D eigenvalue weighted by Crippen LogP contribution is 2.20. The molecule has 2 heterocycles. The minimum atomic E-state index is -0.675. The zero-order chi connectivity index (χ0) is 24.5. The van der Waals surface area contributed by atoms with Crippen LogP contribution in [0.2, 0.25) is 0 Å². The second-order valence-corrected chi connectivity index (χ2v) is 9.17. The summed E-state index contributed by atoms with van der Waals surface area (Å²) in [6.45, 7) is 1.55. The van der Waals surface area contributed by atoms with Crippen molar-refractivity contribution in [2.75, 3.05) is 11.9 Å². The Labute approximate surface area is 208 Å². The largest absolute Gasteiger partial charge is 0.489 e. The van der Waals surface area contributed by atoms with E-state index >= 15 is 0 Å². The van der Waals surface area contributed by atoms with E-state index < -0.39 is 5.92 Å². The average molecular weight is 493 g/mol. The normalized spacial score (nSPS) is 15.2. The van der Waals surface area contributed by atoms with Crippen molar-refractivity contribution in [2.24, 2.45) is 5.92 Å². The van der Waals surface area contributed by atoms with Crippen LogP contribution in [0.3, 0.4) is 0 Å². The Hall–Kier alpha value is -3.72. The van der Waals surface area contributed by atoms with Gasteiger partial charge in [0.2, 0.25) is 17.7 Å². The molecule has 0 bridgehead atoms. The van der Waals surface area contributed by atoms with Gasteiger partial charge >= 0.3 is 0 Å². The molecule has 1 saturated heterocycles. The van der Waals surface area contributed by atoms with E-state index in [1.54, 1.807) is 0 Å². The lowest BCUT2D eigenvalue weighted by Crippen LogP contribution is -2.42. The maximum absolute atomic E-state index is 12.3. The Balaban J connectivity index is 1.16. The fourth-order valence-electron chi connectivity index (χ4n) is 3.67. The molecule has 1 atom stereocenters. The number of thiazole rings is 1. The van der Waals surface area contributed by atoms with Crippen molar-refractivity contribution in [1.82, 2.24) is 15.6 Å². The van der Waals surface area contributed by atoms with Crippen LogP contribution in [0.15, 0.2) is 60.0 Å². The van der Waals surface area contributed by atoms with Gasteiger partial charge in [0.25, 0.3) is 0 Å². The molecular formula is C26H28N4O4S. The number of nitrogens with zero attached hydrogens (tertiary/aromatic N) is 1. The molecule has 0 aliphatic carbocycles. The summed E-state index contributed by atoms with van der Waals surface area (Å²) in [5.41, 5.74) is 2.82. The fraction of sp³-hybridized carbons (Fsp3) is 0.308. The van der Waals surface area contributed by atoms with Crippen LogP contribution in [-0.4, -0.2) is 29.3 Å². The van der Waals surface area contributed by atoms with Gasteiger partial charge in [0.1, 0.15) is 18.3 Å². The number of hydrogen-bond acceptors (Lipinski definition) is 6. The van der Waals surface area contributed by atoms with Crippen LogP contribution >= 0.6 is 11.3 Å². The van der Waals surface area contributed by atoms with Crippen molar-refractivity contribution in [1.29, 1.82) is 0 Å². The lowest BCUT2D eigenvalue weighted by Gasteiger charge is -2.20. The van der Waals surface area contributed by atoms with Gasteiger partial charge in [0.05, 0.1) is 5.69 Å². The Morgan fingerprint density at radius 2 is 1.89 bits per heavy atom. The molecule has 35 heavy (non-hydrogen) atoms. The average Bonchev–Trinajstić information content (AvgIpc) is 3.33. The quantitative estimate of drug-likeness (QED) is 0.376. The second-order valence-electron chi connectivity index (χ2n) is 8.31. The van der Waals surface area contributed by atoms with Gasteiger partial charge < -0.3 is 20.7 Å². The molecule has 3 aromatic rings. The van der Waals surface area contributed by atoms with Gasteiger partial charge in [0, 0.05) is 24.9 Å². The number of hydrogen-bond donors (Lipinski definition) is 3. The van der Waals surface area contributed by atoms with Crippen LogP contribution in [0.4, 0.5) is 5.13 Å². The molecule has 4 rings (SSSR count). The molecule has 1 aliphatic heterocycles. The van der Waals surface area contributed by atoms with E-state index in [4.69, 9.17) is 4.74 Å². The number of amides is 3. The number of nitrogens with one attached hydrogen (secondary N) is 3. The smallest absolute Gasteiger partial charge is 0.238 e. The van der Waals surface area contributed by atoms with Gasteiger partial charge in [-0.25, -0.2) is 4.98 Å². The molecule has 9 heteroatoms. The topological polar surface area (TPSA) is 109 Å². The third-order valence-corrected chi connectivity index (χ3v) is 6.46. The molecule has 1 fully saturated rings. The Kier molecular flexibility index (Phi) is 8.45. The number of carbonyl (C=O) groups is 3. The summed E-state index contributed by atoms with van der Waals surface area (Å²) in [7, 11) is 0. The monoisotopic (exact) mass is 492 g/mol. The van der Waals surface area contributed by atoms with E-state index in [9.17, 15) is 14.4 Å². The van der Waals surface area contributed by atoms with Gasteiger partial charge in [-0.2, -0.15) is 0 Å². The molecule has 2 aromatic carbocycles. The highest BCUT2D eigenvalue weighted by molar-refractivity contribution is 7.13. The van der Waals surface area contributed by atoms with Crippen LogP contribution < -0.4 is 20.7 Å². The predicted octanol–water partition coefficient (Wildman–Crippen LogP) is 3.44. The van der Waals surface area contributed by atoms with Crippen molar-refractivity contribution in [3.05, 3.63) is 76.8 Å². The molecular weight excluding hydrogens is 464 g/mol. The van der Waals surface area contributed by atoms with Crippen molar-refractivity contribution in [2.45, 2.75) is 38.8 Å². The zero-order valence-electron chi connectivity index (χ0n) is 19.3. The molecule has 1 aliphatic rings. The molecule has 8 nitrogen and oxygen atoms in total. The third kappa shape index (κ3) is 7.38. The van der Waals surface area contributed by atoms with Crippen LogP contribution in [-0.2, 0) is 34.0 Å². The second kappa shape index (κ2) is 12.1. The zero-order valence-corrected chi connectivity index (χ0v) is 20.1. The molecule has 182 valence electrons. The molecule has 1 unspecified atom stereocenters. The predicted molar refractivity (Wildman–Crippen MR) is 134 cm³/mol. The van der Waals surface area contributed by atoms with Gasteiger partial charge in [-0.3, -0.25) is 14.4 Å². The lowest BCUT2D eigenvalue weighted by molar-refractivity contribution is -0.134. The lowest BCUT2D eigenvalue weighted by atomic mass is 9.98. The van der Waals surface area contributed by atoms with E-state index in [1.807, 2.05) is 60.0 Å². The number of aromatic nitrogens is 1. The van der Waals surface area contributed by atoms with Crippen LogP contribution in [0, 0.1) is 5.92 Å². The molecule has 3 amide bonds. The first-order valence-electron chi connectivity index (χ1n) is 11.6. The molecule has 3 N–H and O–H groups in total. The number of ether oxygens (including phenoxy) is 1. The highest BCUT2D eigenvalue weighted by Gasteiger charge is 2.29. The van der Waals surface area contributed by atoms with Crippen molar-refractivity contribution < 1.29 is 19.1 Å². The van der Waals surface area contributed by atoms with E-state index in [0.717, 1.165) is 29.0 Å². The summed E-state index contributed by atoms with van der Waals surface area (Å²) in [5.74, 6) is -0.549. The van der Waals surface area contributed by atoms with E-state index in [0.29, 0.717) is 44.1 Å². The number of aryl methyl sites for hydroxylation is 1. The summed E-state index contributed by atoms with van der Waals surface area (Å²) < 4.78 is 5.79. The minimum Gasteiger partial charge on any atom is -0.489 e. The Bertz CT molecular complexity index is 1150. The number of benzene rings is 2. The number of carbonyl (C=O) groups excluding carboxylic acids is 3. The van der Waals surface area contributed by atoms with Crippen molar-refractivity contribution >= 4 is 34.2 Å². The Morgan fingerprint density at radius 3 is 2.66 bits per heavy atom. The van der Waals surface area contributed by atoms with Gasteiger partial charge in [0.15, 0.2) is 5.13 Å². The summed E-state index contributed by atoms with van der Waals surface area (Å²) in [4.78, 5) is 40.8. The van der Waals surface area contributed by atoms with Crippen molar-refractivity contribution in [3.8, 4) is 5.75 Å². The summed E-state index contributed by atoms with van der Waals surface area (Å²) in [6, 6.07) is 17.6. The summed E-state index contributed by atoms with van der Waals surface area (Å²) in [5, 5.41) is 10.6. The van der Waals surface area contributed by atoms with E-state index in [1.165, 1.54) is 11.3 Å². The Morgan fingerprint density at radius 1 is 1.09 bits per heavy atom. The van der Waals surface area contributed by atoms with Crippen LogP contribution in [0.25, 0.3) is 0 Å². The molecule has 1 aromatic heterocycles. The highest BCUT2D eigenvalue weighted by atomic mass is 32.1. The molecule has 0 spiro atoms. The van der Waals surface area contributed by atoms with E-state index in [2.05, 4.69) is 20.9 Å². The van der Waals surface area contributed by atoms with Crippen molar-refractivity contribution in [3.63, 3.8) is 0 Å². The first-order valence-corrected chi connectivity index (χ1v) is 12.5. The minimum absolute atomic E-state index is 0.0770. The first-order chi connectivity index (χ1) is 17.1. The van der Waals surface area contributed by atoms with Gasteiger partial charge in [-0.1, -0.05) is 42.5 Å². The maximum Gasteiger partial charge on any atom is 0.238 e.